The molecule has 0 atom stereocenters. The fourth-order valence-electron chi connectivity index (χ4n) is 1.57. The van der Waals surface area contributed by atoms with Crippen LogP contribution >= 0.6 is 27.5 Å². The molecule has 0 spiro atoms. The van der Waals surface area contributed by atoms with Crippen molar-refractivity contribution in [3.8, 4) is 0 Å². The number of esters is 1. The lowest BCUT2D eigenvalue weighted by Crippen LogP contribution is -2.36. The molecule has 1 aromatic carbocycles. The van der Waals surface area contributed by atoms with Crippen molar-refractivity contribution < 1.29 is 14.3 Å². The van der Waals surface area contributed by atoms with Crippen LogP contribution in [0.15, 0.2) is 35.3 Å². The number of carbonyl (C=O) groups is 2. The average molecular weight is 361 g/mol. The standard InChI is InChI=1S/C14H15BrClNO3/c1-3-7-17(9-13(18)20-4-2)14(19)11-6-5-10(16)8-12(11)15/h3,5-6,8H,1,4,7,9H2,2H3. The summed E-state index contributed by atoms with van der Waals surface area (Å²) in [5, 5.41) is 0.522. The number of benzene rings is 1. The quantitative estimate of drug-likeness (QED) is 0.578. The van der Waals surface area contributed by atoms with Gasteiger partial charge in [-0.15, -0.1) is 6.58 Å². The van der Waals surface area contributed by atoms with Gasteiger partial charge in [-0.1, -0.05) is 17.7 Å². The SMILES string of the molecule is C=CCN(CC(=O)OCC)C(=O)c1ccc(Cl)cc1Br. The van der Waals surface area contributed by atoms with E-state index in [0.717, 1.165) is 0 Å². The molecule has 6 heteroatoms. The van der Waals surface area contributed by atoms with Crippen LogP contribution in [0.1, 0.15) is 17.3 Å². The van der Waals surface area contributed by atoms with Crippen LogP contribution in [-0.4, -0.2) is 36.5 Å². The summed E-state index contributed by atoms with van der Waals surface area (Å²) < 4.78 is 5.43. The minimum atomic E-state index is -0.451. The second kappa shape index (κ2) is 8.07. The first-order valence-electron chi connectivity index (χ1n) is 6.00. The number of hydrogen-bond donors (Lipinski definition) is 0. The summed E-state index contributed by atoms with van der Waals surface area (Å²) in [7, 11) is 0. The van der Waals surface area contributed by atoms with Gasteiger partial charge in [-0.25, -0.2) is 0 Å². The molecular formula is C14H15BrClNO3. The van der Waals surface area contributed by atoms with E-state index in [-0.39, 0.29) is 25.6 Å². The molecule has 0 aromatic heterocycles. The summed E-state index contributed by atoms with van der Waals surface area (Å²) in [5.41, 5.74) is 0.431. The van der Waals surface area contributed by atoms with Crippen LogP contribution in [0.2, 0.25) is 5.02 Å². The van der Waals surface area contributed by atoms with Crippen LogP contribution < -0.4 is 0 Å². The molecule has 0 aliphatic carbocycles. The zero-order chi connectivity index (χ0) is 15.1. The molecule has 108 valence electrons. The zero-order valence-electron chi connectivity index (χ0n) is 11.1. The molecule has 0 fully saturated rings. The van der Waals surface area contributed by atoms with E-state index >= 15 is 0 Å². The van der Waals surface area contributed by atoms with Crippen molar-refractivity contribution in [1.82, 2.24) is 4.90 Å². The Morgan fingerprint density at radius 2 is 2.20 bits per heavy atom. The molecule has 0 bridgehead atoms. The number of ether oxygens (including phenoxy) is 1. The van der Waals surface area contributed by atoms with Gasteiger partial charge in [-0.2, -0.15) is 0 Å². The summed E-state index contributed by atoms with van der Waals surface area (Å²) >= 11 is 9.13. The van der Waals surface area contributed by atoms with Crippen molar-refractivity contribution in [1.29, 1.82) is 0 Å². The second-order valence-electron chi connectivity index (χ2n) is 3.90. The van der Waals surface area contributed by atoms with Crippen molar-refractivity contribution >= 4 is 39.4 Å². The molecule has 0 saturated heterocycles. The Hall–Kier alpha value is -1.33. The van der Waals surface area contributed by atoms with Crippen LogP contribution in [0.25, 0.3) is 0 Å². The monoisotopic (exact) mass is 359 g/mol. The van der Waals surface area contributed by atoms with Gasteiger partial charge in [0, 0.05) is 16.0 Å². The van der Waals surface area contributed by atoms with Gasteiger partial charge in [0.25, 0.3) is 5.91 Å². The van der Waals surface area contributed by atoms with Gasteiger partial charge in [-0.05, 0) is 41.1 Å². The van der Waals surface area contributed by atoms with Crippen LogP contribution in [0.4, 0.5) is 0 Å². The molecule has 20 heavy (non-hydrogen) atoms. The Morgan fingerprint density at radius 3 is 2.75 bits per heavy atom. The van der Waals surface area contributed by atoms with Gasteiger partial charge >= 0.3 is 5.97 Å². The Morgan fingerprint density at radius 1 is 1.50 bits per heavy atom. The van der Waals surface area contributed by atoms with Gasteiger partial charge in [-0.3, -0.25) is 9.59 Å². The zero-order valence-corrected chi connectivity index (χ0v) is 13.4. The van der Waals surface area contributed by atoms with E-state index in [2.05, 4.69) is 22.5 Å². The van der Waals surface area contributed by atoms with E-state index in [9.17, 15) is 9.59 Å². The highest BCUT2D eigenvalue weighted by Crippen LogP contribution is 2.22. The third kappa shape index (κ3) is 4.65. The maximum Gasteiger partial charge on any atom is 0.325 e. The Bertz CT molecular complexity index is 519. The van der Waals surface area contributed by atoms with E-state index in [0.29, 0.717) is 15.1 Å². The van der Waals surface area contributed by atoms with Gasteiger partial charge in [0.2, 0.25) is 0 Å². The van der Waals surface area contributed by atoms with Crippen molar-refractivity contribution in [2.75, 3.05) is 19.7 Å². The van der Waals surface area contributed by atoms with Gasteiger partial charge in [0.15, 0.2) is 0 Å². The van der Waals surface area contributed by atoms with E-state index in [1.807, 2.05) is 0 Å². The van der Waals surface area contributed by atoms with Gasteiger partial charge in [0.1, 0.15) is 6.54 Å². The van der Waals surface area contributed by atoms with Crippen molar-refractivity contribution in [2.45, 2.75) is 6.92 Å². The maximum absolute atomic E-state index is 12.4. The molecule has 0 N–H and O–H groups in total. The lowest BCUT2D eigenvalue weighted by Gasteiger charge is -2.20. The summed E-state index contributed by atoms with van der Waals surface area (Å²) in [6, 6.07) is 4.86. The first-order chi connectivity index (χ1) is 9.49. The summed E-state index contributed by atoms with van der Waals surface area (Å²) in [4.78, 5) is 25.3. The predicted molar refractivity (Wildman–Crippen MR) is 81.9 cm³/mol. The normalized spacial score (nSPS) is 9.95. The lowest BCUT2D eigenvalue weighted by molar-refractivity contribution is -0.143. The number of rotatable bonds is 6. The predicted octanol–water partition coefficient (Wildman–Crippen LogP) is 3.29. The highest BCUT2D eigenvalue weighted by atomic mass is 79.9. The third-order valence-corrected chi connectivity index (χ3v) is 3.31. The molecule has 0 unspecified atom stereocenters. The largest absolute Gasteiger partial charge is 0.465 e. The molecule has 0 aliphatic heterocycles. The van der Waals surface area contributed by atoms with Crippen LogP contribution in [0, 0.1) is 0 Å². The minimum absolute atomic E-state index is 0.117. The first kappa shape index (κ1) is 16.7. The topological polar surface area (TPSA) is 46.6 Å². The number of nitrogens with zero attached hydrogens (tertiary/aromatic N) is 1. The molecule has 0 aliphatic rings. The Labute approximate surface area is 131 Å². The number of amides is 1. The van der Waals surface area contributed by atoms with Crippen molar-refractivity contribution in [3.63, 3.8) is 0 Å². The van der Waals surface area contributed by atoms with Crippen LogP contribution in [0.5, 0.6) is 0 Å². The molecule has 4 nitrogen and oxygen atoms in total. The average Bonchev–Trinajstić information content (AvgIpc) is 2.38. The number of hydrogen-bond acceptors (Lipinski definition) is 3. The highest BCUT2D eigenvalue weighted by Gasteiger charge is 2.20. The maximum atomic E-state index is 12.4. The van der Waals surface area contributed by atoms with E-state index < -0.39 is 5.97 Å². The Kier molecular flexibility index (Phi) is 6.75. The first-order valence-corrected chi connectivity index (χ1v) is 7.17. The summed E-state index contributed by atoms with van der Waals surface area (Å²) in [5.74, 6) is -0.741. The van der Waals surface area contributed by atoms with E-state index in [4.69, 9.17) is 16.3 Å². The van der Waals surface area contributed by atoms with Gasteiger partial charge < -0.3 is 9.64 Å². The third-order valence-electron chi connectivity index (χ3n) is 2.42. The summed E-state index contributed by atoms with van der Waals surface area (Å²) in [6.45, 7) is 5.72. The molecule has 1 amide bonds. The van der Waals surface area contributed by atoms with E-state index in [1.54, 1.807) is 31.2 Å². The smallest absolute Gasteiger partial charge is 0.325 e. The van der Waals surface area contributed by atoms with Crippen LogP contribution in [-0.2, 0) is 9.53 Å². The molecule has 1 aromatic rings. The van der Waals surface area contributed by atoms with Gasteiger partial charge in [0.05, 0.1) is 12.2 Å². The van der Waals surface area contributed by atoms with Crippen molar-refractivity contribution in [3.05, 3.63) is 45.9 Å². The fraction of sp³-hybridized carbons (Fsp3) is 0.286. The molecule has 1 rings (SSSR count). The molecule has 0 heterocycles. The lowest BCUT2D eigenvalue weighted by atomic mass is 10.2. The molecular weight excluding hydrogens is 346 g/mol. The molecule has 0 saturated carbocycles. The van der Waals surface area contributed by atoms with Crippen molar-refractivity contribution in [2.24, 2.45) is 0 Å². The Balaban J connectivity index is 2.93. The van der Waals surface area contributed by atoms with Crippen LogP contribution in [0.3, 0.4) is 0 Å². The summed E-state index contributed by atoms with van der Waals surface area (Å²) in [6.07, 6.45) is 1.56. The second-order valence-corrected chi connectivity index (χ2v) is 5.19. The highest BCUT2D eigenvalue weighted by molar-refractivity contribution is 9.10. The number of carbonyl (C=O) groups excluding carboxylic acids is 2. The van der Waals surface area contributed by atoms with E-state index in [1.165, 1.54) is 4.90 Å². The molecule has 0 radical (unpaired) electrons. The fourth-order valence-corrected chi connectivity index (χ4v) is 2.42. The minimum Gasteiger partial charge on any atom is -0.465 e. The number of halogens is 2.